The Hall–Kier alpha value is -2.69. The molecule has 1 aliphatic carbocycles. The number of nitrogens with one attached hydrogen (secondary N) is 1. The molecule has 4 rings (SSSR count). The van der Waals surface area contributed by atoms with Crippen molar-refractivity contribution in [2.24, 2.45) is 0 Å². The number of hydrogen-bond donors (Lipinski definition) is 1. The minimum absolute atomic E-state index is 0.315. The zero-order valence-electron chi connectivity index (χ0n) is 13.2. The Bertz CT molecular complexity index is 863. The molecule has 116 valence electrons. The Balaban J connectivity index is 1.80. The molecule has 1 N–H and O–H groups in total. The Labute approximate surface area is 134 Å². The smallest absolute Gasteiger partial charge is 0.151 e. The van der Waals surface area contributed by atoms with Gasteiger partial charge in [-0.05, 0) is 43.5 Å². The lowest BCUT2D eigenvalue weighted by molar-refractivity contribution is 0.112. The molecule has 5 nitrogen and oxygen atoms in total. The number of aromatic nitrogens is 4. The van der Waals surface area contributed by atoms with Gasteiger partial charge in [0.25, 0.3) is 0 Å². The van der Waals surface area contributed by atoms with E-state index in [4.69, 9.17) is 0 Å². The SMILES string of the molecule is Cc1cccc(-n2ccc(C=O)c2[C@@H]2C[C@H]2c2cn[nH]n2)c1C. The summed E-state index contributed by atoms with van der Waals surface area (Å²) in [5, 5.41) is 10.8. The molecule has 0 aliphatic heterocycles. The fourth-order valence-corrected chi connectivity index (χ4v) is 3.37. The van der Waals surface area contributed by atoms with Crippen LogP contribution >= 0.6 is 0 Å². The third-order valence-electron chi connectivity index (χ3n) is 4.88. The summed E-state index contributed by atoms with van der Waals surface area (Å²) >= 11 is 0. The molecule has 2 atom stereocenters. The van der Waals surface area contributed by atoms with E-state index in [1.54, 1.807) is 6.20 Å². The highest BCUT2D eigenvalue weighted by molar-refractivity contribution is 5.78. The van der Waals surface area contributed by atoms with Crippen LogP contribution in [0.25, 0.3) is 5.69 Å². The molecular weight excluding hydrogens is 288 g/mol. The van der Waals surface area contributed by atoms with Crippen molar-refractivity contribution in [2.75, 3.05) is 0 Å². The van der Waals surface area contributed by atoms with Crippen molar-refractivity contribution in [1.29, 1.82) is 0 Å². The van der Waals surface area contributed by atoms with Gasteiger partial charge < -0.3 is 4.57 Å². The largest absolute Gasteiger partial charge is 0.320 e. The first-order valence-corrected chi connectivity index (χ1v) is 7.79. The summed E-state index contributed by atoms with van der Waals surface area (Å²) in [5.41, 5.74) is 6.45. The maximum absolute atomic E-state index is 11.5. The molecule has 1 aromatic carbocycles. The first kappa shape index (κ1) is 13.9. The molecule has 0 amide bonds. The van der Waals surface area contributed by atoms with Crippen LogP contribution in [0.5, 0.6) is 0 Å². The zero-order chi connectivity index (χ0) is 16.0. The fourth-order valence-electron chi connectivity index (χ4n) is 3.37. The minimum Gasteiger partial charge on any atom is -0.320 e. The second kappa shape index (κ2) is 5.19. The van der Waals surface area contributed by atoms with E-state index >= 15 is 0 Å². The summed E-state index contributed by atoms with van der Waals surface area (Å²) in [6, 6.07) is 8.18. The highest BCUT2D eigenvalue weighted by Gasteiger charge is 2.44. The van der Waals surface area contributed by atoms with E-state index in [2.05, 4.69) is 52.0 Å². The summed E-state index contributed by atoms with van der Waals surface area (Å²) in [6.07, 6.45) is 5.73. The van der Waals surface area contributed by atoms with E-state index in [0.717, 1.165) is 35.3 Å². The molecule has 1 aliphatic rings. The average Bonchev–Trinajstić information content (AvgIpc) is 3.00. The van der Waals surface area contributed by atoms with Crippen molar-refractivity contribution < 1.29 is 4.79 Å². The third kappa shape index (κ3) is 2.20. The minimum atomic E-state index is 0.315. The average molecular weight is 306 g/mol. The third-order valence-corrected chi connectivity index (χ3v) is 4.88. The second-order valence-corrected chi connectivity index (χ2v) is 6.21. The maximum atomic E-state index is 11.5. The number of carbonyl (C=O) groups excluding carboxylic acids is 1. The van der Waals surface area contributed by atoms with Crippen LogP contribution in [-0.2, 0) is 0 Å². The lowest BCUT2D eigenvalue weighted by Crippen LogP contribution is -2.03. The number of hydrogen-bond acceptors (Lipinski definition) is 3. The number of aryl methyl sites for hydroxylation is 1. The fraction of sp³-hybridized carbons (Fsp3) is 0.278. The number of carbonyl (C=O) groups is 1. The highest BCUT2D eigenvalue weighted by Crippen LogP contribution is 2.55. The lowest BCUT2D eigenvalue weighted by atomic mass is 10.1. The van der Waals surface area contributed by atoms with Gasteiger partial charge in [-0.1, -0.05) is 12.1 Å². The Morgan fingerprint density at radius 3 is 2.87 bits per heavy atom. The number of aromatic amines is 1. The number of nitrogens with zero attached hydrogens (tertiary/aromatic N) is 3. The topological polar surface area (TPSA) is 63.6 Å². The highest BCUT2D eigenvalue weighted by atomic mass is 16.1. The molecule has 2 aromatic heterocycles. The van der Waals surface area contributed by atoms with E-state index in [9.17, 15) is 4.79 Å². The van der Waals surface area contributed by atoms with Crippen LogP contribution in [0.1, 0.15) is 51.1 Å². The van der Waals surface area contributed by atoms with Crippen molar-refractivity contribution in [2.45, 2.75) is 32.1 Å². The van der Waals surface area contributed by atoms with Crippen LogP contribution in [0, 0.1) is 13.8 Å². The number of aldehydes is 1. The van der Waals surface area contributed by atoms with Crippen molar-refractivity contribution in [1.82, 2.24) is 20.0 Å². The summed E-state index contributed by atoms with van der Waals surface area (Å²) in [5.74, 6) is 0.654. The van der Waals surface area contributed by atoms with Gasteiger partial charge in [-0.3, -0.25) is 4.79 Å². The first-order valence-electron chi connectivity index (χ1n) is 7.79. The van der Waals surface area contributed by atoms with Crippen LogP contribution in [0.2, 0.25) is 0 Å². The number of H-pyrrole nitrogens is 1. The summed E-state index contributed by atoms with van der Waals surface area (Å²) < 4.78 is 2.16. The van der Waals surface area contributed by atoms with Crippen LogP contribution in [-0.4, -0.2) is 26.3 Å². The summed E-state index contributed by atoms with van der Waals surface area (Å²) in [7, 11) is 0. The summed E-state index contributed by atoms with van der Waals surface area (Å²) in [6.45, 7) is 4.23. The normalized spacial score (nSPS) is 19.7. The van der Waals surface area contributed by atoms with Gasteiger partial charge in [0.15, 0.2) is 6.29 Å². The van der Waals surface area contributed by atoms with Gasteiger partial charge in [0.2, 0.25) is 0 Å². The van der Waals surface area contributed by atoms with E-state index in [1.807, 2.05) is 12.3 Å². The van der Waals surface area contributed by atoms with Gasteiger partial charge >= 0.3 is 0 Å². The predicted molar refractivity (Wildman–Crippen MR) is 87.1 cm³/mol. The van der Waals surface area contributed by atoms with Gasteiger partial charge in [-0.25, -0.2) is 0 Å². The molecule has 2 heterocycles. The van der Waals surface area contributed by atoms with Crippen molar-refractivity contribution in [3.8, 4) is 5.69 Å². The molecule has 0 radical (unpaired) electrons. The molecule has 0 saturated heterocycles. The van der Waals surface area contributed by atoms with Gasteiger partial charge in [-0.2, -0.15) is 15.4 Å². The Kier molecular flexibility index (Phi) is 3.15. The predicted octanol–water partition coefficient (Wildman–Crippen LogP) is 3.30. The first-order chi connectivity index (χ1) is 11.2. The molecule has 0 bridgehead atoms. The van der Waals surface area contributed by atoms with E-state index < -0.39 is 0 Å². The second-order valence-electron chi connectivity index (χ2n) is 6.21. The number of rotatable bonds is 4. The van der Waals surface area contributed by atoms with Gasteiger partial charge in [0.05, 0.1) is 11.9 Å². The van der Waals surface area contributed by atoms with E-state index in [0.29, 0.717) is 11.8 Å². The molecule has 3 aromatic rings. The quantitative estimate of drug-likeness (QED) is 0.752. The lowest BCUT2D eigenvalue weighted by Gasteiger charge is -2.14. The van der Waals surface area contributed by atoms with E-state index in [-0.39, 0.29) is 0 Å². The molecule has 0 unspecified atom stereocenters. The standard InChI is InChI=1S/C18H18N4O/c1-11-4-3-5-17(12(11)2)22-7-6-13(10-23)18(22)15-8-14(15)16-9-19-21-20-16/h3-7,9-10,14-15H,8H2,1-2H3,(H,19,20,21)/t14-,15-/m1/s1. The molecule has 1 saturated carbocycles. The maximum Gasteiger partial charge on any atom is 0.151 e. The van der Waals surface area contributed by atoms with Crippen molar-refractivity contribution in [3.63, 3.8) is 0 Å². The van der Waals surface area contributed by atoms with Crippen molar-refractivity contribution >= 4 is 6.29 Å². The van der Waals surface area contributed by atoms with E-state index in [1.165, 1.54) is 11.1 Å². The molecule has 23 heavy (non-hydrogen) atoms. The zero-order valence-corrected chi connectivity index (χ0v) is 13.2. The van der Waals surface area contributed by atoms with Gasteiger partial charge in [-0.15, -0.1) is 0 Å². The van der Waals surface area contributed by atoms with Crippen LogP contribution in [0.4, 0.5) is 0 Å². The van der Waals surface area contributed by atoms with Crippen LogP contribution in [0.15, 0.2) is 36.7 Å². The van der Waals surface area contributed by atoms with Gasteiger partial charge in [0, 0.05) is 35.0 Å². The molecule has 1 fully saturated rings. The van der Waals surface area contributed by atoms with Crippen LogP contribution in [0.3, 0.4) is 0 Å². The number of benzene rings is 1. The monoisotopic (exact) mass is 306 g/mol. The molecule has 0 spiro atoms. The Morgan fingerprint density at radius 1 is 1.26 bits per heavy atom. The molecular formula is C18H18N4O. The summed E-state index contributed by atoms with van der Waals surface area (Å²) in [4.78, 5) is 11.5. The Morgan fingerprint density at radius 2 is 2.13 bits per heavy atom. The van der Waals surface area contributed by atoms with Crippen LogP contribution < -0.4 is 0 Å². The molecule has 5 heteroatoms. The van der Waals surface area contributed by atoms with Crippen molar-refractivity contribution in [3.05, 3.63) is 64.7 Å². The van der Waals surface area contributed by atoms with Gasteiger partial charge in [0.1, 0.15) is 0 Å².